The number of hydrogen-bond acceptors (Lipinski definition) is 4. The van der Waals surface area contributed by atoms with Crippen LogP contribution >= 0.6 is 0 Å². The summed E-state index contributed by atoms with van der Waals surface area (Å²) in [6, 6.07) is 0. The van der Waals surface area contributed by atoms with Gasteiger partial charge in [-0.3, -0.25) is 0 Å². The second kappa shape index (κ2) is 5.80. The smallest absolute Gasteiger partial charge is 0.0826 e. The zero-order valence-corrected chi connectivity index (χ0v) is 10.1. The van der Waals surface area contributed by atoms with Gasteiger partial charge in [-0.1, -0.05) is 13.8 Å². The van der Waals surface area contributed by atoms with E-state index in [2.05, 4.69) is 17.3 Å². The van der Waals surface area contributed by atoms with E-state index < -0.39 is 0 Å². The van der Waals surface area contributed by atoms with Crippen LogP contribution < -0.4 is 5.32 Å². The molecule has 0 spiro atoms. The summed E-state index contributed by atoms with van der Waals surface area (Å²) < 4.78 is 5.63. The molecular formula is C11H24N2O2. The molecule has 0 bridgehead atoms. The molecule has 15 heavy (non-hydrogen) atoms. The number of ether oxygens (including phenoxy) is 1. The minimum atomic E-state index is -0.0411. The van der Waals surface area contributed by atoms with Gasteiger partial charge in [0, 0.05) is 38.2 Å². The van der Waals surface area contributed by atoms with Gasteiger partial charge in [0.05, 0.1) is 12.7 Å². The Labute approximate surface area is 92.6 Å². The summed E-state index contributed by atoms with van der Waals surface area (Å²) in [7, 11) is 2.12. The fourth-order valence-corrected chi connectivity index (χ4v) is 1.62. The predicted octanol–water partition coefficient (Wildman–Crippen LogP) is -0.0749. The van der Waals surface area contributed by atoms with Crippen LogP contribution in [0.1, 0.15) is 13.8 Å². The van der Waals surface area contributed by atoms with E-state index in [-0.39, 0.29) is 12.0 Å². The summed E-state index contributed by atoms with van der Waals surface area (Å²) in [5.41, 5.74) is -0.0411. The lowest BCUT2D eigenvalue weighted by Crippen LogP contribution is -2.46. The maximum atomic E-state index is 9.09. The third-order valence-corrected chi connectivity index (χ3v) is 2.75. The Morgan fingerprint density at radius 1 is 1.53 bits per heavy atom. The standard InChI is InChI=1S/C11H24N2O2/c1-11(2,9-14)8-12-6-10-7-13(3)4-5-15-10/h10,12,14H,4-9H2,1-3H3. The molecule has 1 rings (SSSR count). The molecule has 1 aliphatic heterocycles. The lowest BCUT2D eigenvalue weighted by Gasteiger charge is -2.31. The molecule has 1 saturated heterocycles. The van der Waals surface area contributed by atoms with Crippen LogP contribution in [-0.4, -0.2) is 62.6 Å². The molecule has 0 radical (unpaired) electrons. The number of morpholine rings is 1. The highest BCUT2D eigenvalue weighted by Crippen LogP contribution is 2.11. The van der Waals surface area contributed by atoms with Crippen LogP contribution in [0.2, 0.25) is 0 Å². The quantitative estimate of drug-likeness (QED) is 0.675. The number of aliphatic hydroxyl groups is 1. The highest BCUT2D eigenvalue weighted by Gasteiger charge is 2.20. The van der Waals surface area contributed by atoms with Crippen molar-refractivity contribution in [3.05, 3.63) is 0 Å². The van der Waals surface area contributed by atoms with Crippen molar-refractivity contribution in [2.75, 3.05) is 46.4 Å². The molecule has 0 saturated carbocycles. The summed E-state index contributed by atoms with van der Waals surface area (Å²) >= 11 is 0. The number of rotatable bonds is 5. The van der Waals surface area contributed by atoms with Gasteiger partial charge in [-0.2, -0.15) is 0 Å². The summed E-state index contributed by atoms with van der Waals surface area (Å²) in [4.78, 5) is 2.28. The molecule has 1 fully saturated rings. The maximum absolute atomic E-state index is 9.09. The lowest BCUT2D eigenvalue weighted by molar-refractivity contribution is -0.0193. The van der Waals surface area contributed by atoms with Crippen molar-refractivity contribution in [2.45, 2.75) is 20.0 Å². The summed E-state index contributed by atoms with van der Waals surface area (Å²) in [6.07, 6.45) is 0.290. The van der Waals surface area contributed by atoms with Gasteiger partial charge in [-0.25, -0.2) is 0 Å². The van der Waals surface area contributed by atoms with Crippen molar-refractivity contribution < 1.29 is 9.84 Å². The number of nitrogens with one attached hydrogen (secondary N) is 1. The van der Waals surface area contributed by atoms with Crippen LogP contribution in [0.25, 0.3) is 0 Å². The normalized spacial score (nSPS) is 24.4. The zero-order chi connectivity index (χ0) is 11.3. The SMILES string of the molecule is CN1CCOC(CNCC(C)(C)CO)C1. The monoisotopic (exact) mass is 216 g/mol. The Balaban J connectivity index is 2.14. The largest absolute Gasteiger partial charge is 0.396 e. The number of likely N-dealkylation sites (N-methyl/N-ethyl adjacent to an activating group) is 1. The van der Waals surface area contributed by atoms with E-state index in [0.717, 1.165) is 32.8 Å². The fraction of sp³-hybridized carbons (Fsp3) is 1.00. The number of nitrogens with zero attached hydrogens (tertiary/aromatic N) is 1. The van der Waals surface area contributed by atoms with Crippen LogP contribution in [0.4, 0.5) is 0 Å². The number of hydrogen-bond donors (Lipinski definition) is 2. The van der Waals surface area contributed by atoms with Crippen molar-refractivity contribution in [3.8, 4) is 0 Å². The average molecular weight is 216 g/mol. The molecule has 1 atom stereocenters. The van der Waals surface area contributed by atoms with Gasteiger partial charge in [0.2, 0.25) is 0 Å². The molecule has 1 unspecified atom stereocenters. The minimum absolute atomic E-state index is 0.0411. The molecular weight excluding hydrogens is 192 g/mol. The predicted molar refractivity (Wildman–Crippen MR) is 61.0 cm³/mol. The Kier molecular flexibility index (Phi) is 4.99. The molecule has 1 aliphatic rings. The van der Waals surface area contributed by atoms with E-state index in [1.807, 2.05) is 13.8 Å². The van der Waals surface area contributed by atoms with Crippen molar-refractivity contribution in [3.63, 3.8) is 0 Å². The van der Waals surface area contributed by atoms with E-state index in [1.54, 1.807) is 0 Å². The van der Waals surface area contributed by atoms with E-state index in [1.165, 1.54) is 0 Å². The van der Waals surface area contributed by atoms with Gasteiger partial charge in [-0.05, 0) is 7.05 Å². The van der Waals surface area contributed by atoms with Crippen molar-refractivity contribution in [2.24, 2.45) is 5.41 Å². The molecule has 90 valence electrons. The third-order valence-electron chi connectivity index (χ3n) is 2.75. The van der Waals surface area contributed by atoms with E-state index in [0.29, 0.717) is 6.10 Å². The highest BCUT2D eigenvalue weighted by atomic mass is 16.5. The van der Waals surface area contributed by atoms with Crippen molar-refractivity contribution in [1.29, 1.82) is 0 Å². The first-order valence-corrected chi connectivity index (χ1v) is 5.65. The van der Waals surface area contributed by atoms with Gasteiger partial charge in [0.25, 0.3) is 0 Å². The van der Waals surface area contributed by atoms with Crippen LogP contribution in [0.15, 0.2) is 0 Å². The van der Waals surface area contributed by atoms with E-state index >= 15 is 0 Å². The Morgan fingerprint density at radius 2 is 2.27 bits per heavy atom. The molecule has 0 aromatic heterocycles. The second-order valence-corrected chi connectivity index (χ2v) is 5.21. The van der Waals surface area contributed by atoms with Gasteiger partial charge < -0.3 is 20.1 Å². The van der Waals surface area contributed by atoms with Gasteiger partial charge in [0.15, 0.2) is 0 Å². The fourth-order valence-electron chi connectivity index (χ4n) is 1.62. The van der Waals surface area contributed by atoms with Gasteiger partial charge in [0.1, 0.15) is 0 Å². The summed E-state index contributed by atoms with van der Waals surface area (Å²) in [5, 5.41) is 12.4. The first-order valence-electron chi connectivity index (χ1n) is 5.65. The molecule has 2 N–H and O–H groups in total. The van der Waals surface area contributed by atoms with Crippen molar-refractivity contribution >= 4 is 0 Å². The van der Waals surface area contributed by atoms with Crippen LogP contribution in [0.3, 0.4) is 0 Å². The lowest BCUT2D eigenvalue weighted by atomic mass is 9.95. The molecule has 1 heterocycles. The molecule has 4 nitrogen and oxygen atoms in total. The first kappa shape index (κ1) is 12.9. The van der Waals surface area contributed by atoms with Gasteiger partial charge >= 0.3 is 0 Å². The van der Waals surface area contributed by atoms with E-state index in [9.17, 15) is 0 Å². The maximum Gasteiger partial charge on any atom is 0.0826 e. The summed E-state index contributed by atoms with van der Waals surface area (Å²) in [5.74, 6) is 0. The van der Waals surface area contributed by atoms with E-state index in [4.69, 9.17) is 9.84 Å². The Hall–Kier alpha value is -0.160. The molecule has 0 aliphatic carbocycles. The average Bonchev–Trinajstić information content (AvgIpc) is 2.18. The molecule has 0 aromatic carbocycles. The third kappa shape index (κ3) is 4.93. The minimum Gasteiger partial charge on any atom is -0.396 e. The second-order valence-electron chi connectivity index (χ2n) is 5.21. The van der Waals surface area contributed by atoms with Crippen LogP contribution in [0.5, 0.6) is 0 Å². The topological polar surface area (TPSA) is 44.7 Å². The highest BCUT2D eigenvalue weighted by molar-refractivity contribution is 4.75. The molecule has 0 amide bonds. The Bertz CT molecular complexity index is 185. The molecule has 0 aromatic rings. The Morgan fingerprint density at radius 3 is 2.87 bits per heavy atom. The first-order chi connectivity index (χ1) is 7.03. The molecule has 4 heteroatoms. The van der Waals surface area contributed by atoms with Crippen molar-refractivity contribution in [1.82, 2.24) is 10.2 Å². The number of aliphatic hydroxyl groups excluding tert-OH is 1. The zero-order valence-electron chi connectivity index (χ0n) is 10.1. The summed E-state index contributed by atoms with van der Waals surface area (Å²) in [6.45, 7) is 8.85. The van der Waals surface area contributed by atoms with Crippen LogP contribution in [-0.2, 0) is 4.74 Å². The van der Waals surface area contributed by atoms with Gasteiger partial charge in [-0.15, -0.1) is 0 Å². The van der Waals surface area contributed by atoms with Crippen LogP contribution in [0, 0.1) is 5.41 Å².